The zero-order valence-electron chi connectivity index (χ0n) is 8.49. The van der Waals surface area contributed by atoms with E-state index in [0.717, 1.165) is 0 Å². The summed E-state index contributed by atoms with van der Waals surface area (Å²) in [5.74, 6) is 0.214. The molecule has 1 rings (SSSR count). The van der Waals surface area contributed by atoms with Gasteiger partial charge in [-0.2, -0.15) is 0 Å². The largest absolute Gasteiger partial charge is 0.349 e. The molecule has 1 aliphatic rings. The summed E-state index contributed by atoms with van der Waals surface area (Å²) in [7, 11) is 0.396. The Morgan fingerprint density at radius 1 is 1.50 bits per heavy atom. The third-order valence-corrected chi connectivity index (χ3v) is 3.96. The Morgan fingerprint density at radius 3 is 2.64 bits per heavy atom. The van der Waals surface area contributed by atoms with Crippen LogP contribution in [-0.2, 0) is 14.6 Å². The van der Waals surface area contributed by atoms with Crippen LogP contribution >= 0.6 is 0 Å². The van der Waals surface area contributed by atoms with Crippen LogP contribution in [0.15, 0.2) is 0 Å². The Balaban J connectivity index is 2.50. The van der Waals surface area contributed by atoms with Crippen molar-refractivity contribution >= 4 is 15.7 Å². The van der Waals surface area contributed by atoms with E-state index in [4.69, 9.17) is 0 Å². The molecule has 0 aromatic carbocycles. The molecule has 0 radical (unpaired) electrons. The highest BCUT2D eigenvalue weighted by Crippen LogP contribution is 2.05. The second kappa shape index (κ2) is 4.27. The summed E-state index contributed by atoms with van der Waals surface area (Å²) in [5, 5.41) is 3.03. The number of carbonyl (C=O) groups excluding carboxylic acids is 1. The SMILES string of the molecule is CN(C)C(=O)CC1CS(=O)(=O)CCN1. The molecule has 82 valence electrons. The van der Waals surface area contributed by atoms with Crippen molar-refractivity contribution in [1.29, 1.82) is 0 Å². The van der Waals surface area contributed by atoms with Gasteiger partial charge in [0.2, 0.25) is 5.91 Å². The third kappa shape index (κ3) is 3.26. The van der Waals surface area contributed by atoms with Gasteiger partial charge in [0.1, 0.15) is 0 Å². The van der Waals surface area contributed by atoms with Crippen molar-refractivity contribution in [2.24, 2.45) is 0 Å². The summed E-state index contributed by atoms with van der Waals surface area (Å²) >= 11 is 0. The molecule has 0 bridgehead atoms. The van der Waals surface area contributed by atoms with Crippen LogP contribution in [-0.4, -0.2) is 57.4 Å². The van der Waals surface area contributed by atoms with Crippen LogP contribution in [0.3, 0.4) is 0 Å². The van der Waals surface area contributed by atoms with E-state index in [-0.39, 0.29) is 29.9 Å². The molecule has 1 atom stereocenters. The monoisotopic (exact) mass is 220 g/mol. The Morgan fingerprint density at radius 2 is 2.14 bits per heavy atom. The van der Waals surface area contributed by atoms with Crippen LogP contribution in [0.2, 0.25) is 0 Å². The molecule has 0 aliphatic carbocycles. The zero-order valence-corrected chi connectivity index (χ0v) is 9.30. The third-order valence-electron chi connectivity index (χ3n) is 2.22. The van der Waals surface area contributed by atoms with Crippen molar-refractivity contribution in [2.75, 3.05) is 32.1 Å². The first-order valence-corrected chi connectivity index (χ1v) is 6.37. The summed E-state index contributed by atoms with van der Waals surface area (Å²) in [4.78, 5) is 12.8. The average molecular weight is 220 g/mol. The van der Waals surface area contributed by atoms with E-state index in [1.165, 1.54) is 4.90 Å². The van der Waals surface area contributed by atoms with Gasteiger partial charge in [0.05, 0.1) is 11.5 Å². The van der Waals surface area contributed by atoms with E-state index < -0.39 is 9.84 Å². The Hall–Kier alpha value is -0.620. The molecule has 5 nitrogen and oxygen atoms in total. The minimum Gasteiger partial charge on any atom is -0.349 e. The van der Waals surface area contributed by atoms with E-state index in [0.29, 0.717) is 6.54 Å². The lowest BCUT2D eigenvalue weighted by Gasteiger charge is -2.24. The van der Waals surface area contributed by atoms with Gasteiger partial charge in [0, 0.05) is 33.1 Å². The van der Waals surface area contributed by atoms with Crippen molar-refractivity contribution in [3.8, 4) is 0 Å². The number of carbonyl (C=O) groups is 1. The van der Waals surface area contributed by atoms with Gasteiger partial charge in [-0.3, -0.25) is 4.79 Å². The van der Waals surface area contributed by atoms with Gasteiger partial charge in [-0.1, -0.05) is 0 Å². The number of hydrogen-bond donors (Lipinski definition) is 1. The summed E-state index contributed by atoms with van der Waals surface area (Å²) in [6.45, 7) is 0.452. The highest BCUT2D eigenvalue weighted by Gasteiger charge is 2.26. The average Bonchev–Trinajstić information content (AvgIpc) is 2.01. The lowest BCUT2D eigenvalue weighted by molar-refractivity contribution is -0.129. The molecule has 0 aromatic heterocycles. The van der Waals surface area contributed by atoms with E-state index in [1.54, 1.807) is 14.1 Å². The molecule has 0 saturated carbocycles. The molecule has 1 N–H and O–H groups in total. The lowest BCUT2D eigenvalue weighted by atomic mass is 10.2. The van der Waals surface area contributed by atoms with Gasteiger partial charge in [0.15, 0.2) is 9.84 Å². The van der Waals surface area contributed by atoms with Crippen LogP contribution in [0.4, 0.5) is 0 Å². The Labute approximate surface area is 84.4 Å². The van der Waals surface area contributed by atoms with Gasteiger partial charge >= 0.3 is 0 Å². The predicted molar refractivity (Wildman–Crippen MR) is 53.8 cm³/mol. The molecular formula is C8H16N2O3S. The van der Waals surface area contributed by atoms with Gasteiger partial charge in [-0.05, 0) is 0 Å². The topological polar surface area (TPSA) is 66.5 Å². The van der Waals surface area contributed by atoms with E-state index in [9.17, 15) is 13.2 Å². The molecule has 0 aromatic rings. The van der Waals surface area contributed by atoms with Crippen molar-refractivity contribution < 1.29 is 13.2 Å². The van der Waals surface area contributed by atoms with Gasteiger partial charge in [-0.15, -0.1) is 0 Å². The molecule has 1 fully saturated rings. The maximum absolute atomic E-state index is 11.3. The van der Waals surface area contributed by atoms with Gasteiger partial charge in [-0.25, -0.2) is 8.42 Å². The summed E-state index contributed by atoms with van der Waals surface area (Å²) in [6.07, 6.45) is 0.256. The van der Waals surface area contributed by atoms with Crippen LogP contribution in [0.25, 0.3) is 0 Å². The zero-order chi connectivity index (χ0) is 10.8. The number of nitrogens with one attached hydrogen (secondary N) is 1. The molecule has 0 spiro atoms. The number of hydrogen-bond acceptors (Lipinski definition) is 4. The highest BCUT2D eigenvalue weighted by molar-refractivity contribution is 7.91. The molecule has 1 heterocycles. The van der Waals surface area contributed by atoms with Gasteiger partial charge < -0.3 is 10.2 Å². The summed E-state index contributed by atoms with van der Waals surface area (Å²) < 4.78 is 22.5. The number of nitrogens with zero attached hydrogens (tertiary/aromatic N) is 1. The van der Waals surface area contributed by atoms with Crippen molar-refractivity contribution in [3.05, 3.63) is 0 Å². The summed E-state index contributed by atoms with van der Waals surface area (Å²) in [5.41, 5.74) is 0. The molecule has 6 heteroatoms. The fourth-order valence-electron chi connectivity index (χ4n) is 1.39. The number of sulfone groups is 1. The number of rotatable bonds is 2. The molecule has 14 heavy (non-hydrogen) atoms. The maximum Gasteiger partial charge on any atom is 0.223 e. The second-order valence-corrected chi connectivity index (χ2v) is 5.99. The molecule has 1 saturated heterocycles. The molecule has 1 unspecified atom stereocenters. The quantitative estimate of drug-likeness (QED) is 0.638. The van der Waals surface area contributed by atoms with Crippen molar-refractivity contribution in [1.82, 2.24) is 10.2 Å². The number of amides is 1. The molecule has 1 amide bonds. The van der Waals surface area contributed by atoms with Crippen LogP contribution < -0.4 is 5.32 Å². The minimum absolute atomic E-state index is 0.0420. The standard InChI is InChI=1S/C8H16N2O3S/c1-10(2)8(11)5-7-6-14(12,13)4-3-9-7/h7,9H,3-6H2,1-2H3. The minimum atomic E-state index is -2.94. The Bertz CT molecular complexity index is 311. The first kappa shape index (κ1) is 11.5. The lowest BCUT2D eigenvalue weighted by Crippen LogP contribution is -2.47. The van der Waals surface area contributed by atoms with E-state index in [2.05, 4.69) is 5.32 Å². The molecule has 1 aliphatic heterocycles. The summed E-state index contributed by atoms with van der Waals surface area (Å²) in [6, 6.07) is -0.219. The first-order valence-electron chi connectivity index (χ1n) is 4.55. The van der Waals surface area contributed by atoms with Crippen molar-refractivity contribution in [2.45, 2.75) is 12.5 Å². The second-order valence-electron chi connectivity index (χ2n) is 3.76. The molecular weight excluding hydrogens is 204 g/mol. The Kier molecular flexibility index (Phi) is 3.49. The van der Waals surface area contributed by atoms with Crippen LogP contribution in [0.5, 0.6) is 0 Å². The van der Waals surface area contributed by atoms with E-state index in [1.807, 2.05) is 0 Å². The smallest absolute Gasteiger partial charge is 0.223 e. The fourth-order valence-corrected chi connectivity index (χ4v) is 2.84. The van der Waals surface area contributed by atoms with E-state index >= 15 is 0 Å². The maximum atomic E-state index is 11.3. The normalized spacial score (nSPS) is 25.7. The van der Waals surface area contributed by atoms with Crippen LogP contribution in [0, 0.1) is 0 Å². The highest BCUT2D eigenvalue weighted by atomic mass is 32.2. The van der Waals surface area contributed by atoms with Crippen molar-refractivity contribution in [3.63, 3.8) is 0 Å². The first-order chi connectivity index (χ1) is 6.41. The van der Waals surface area contributed by atoms with Crippen LogP contribution in [0.1, 0.15) is 6.42 Å². The van der Waals surface area contributed by atoms with Gasteiger partial charge in [0.25, 0.3) is 0 Å². The predicted octanol–water partition coefficient (Wildman–Crippen LogP) is -1.15. The fraction of sp³-hybridized carbons (Fsp3) is 0.875.